The number of alkyl halides is 2. The lowest BCUT2D eigenvalue weighted by molar-refractivity contribution is -0.0498. The van der Waals surface area contributed by atoms with Crippen molar-refractivity contribution in [2.24, 2.45) is 0 Å². The van der Waals surface area contributed by atoms with Crippen molar-refractivity contribution in [1.29, 1.82) is 0 Å². The monoisotopic (exact) mass is 404 g/mol. The van der Waals surface area contributed by atoms with E-state index < -0.39 is 12.7 Å². The van der Waals surface area contributed by atoms with Crippen molar-refractivity contribution in [2.75, 3.05) is 19.6 Å². The van der Waals surface area contributed by atoms with Crippen molar-refractivity contribution in [3.05, 3.63) is 65.2 Å². The second-order valence-electron chi connectivity index (χ2n) is 7.33. The van der Waals surface area contributed by atoms with Crippen LogP contribution >= 0.6 is 0 Å². The number of aliphatic hydroxyl groups excluding tert-OH is 1. The first-order valence-electron chi connectivity index (χ1n) is 9.74. The van der Waals surface area contributed by atoms with Gasteiger partial charge in [0.1, 0.15) is 5.75 Å². The first-order chi connectivity index (χ1) is 13.9. The van der Waals surface area contributed by atoms with Gasteiger partial charge in [-0.3, -0.25) is 4.79 Å². The molecule has 1 fully saturated rings. The topological polar surface area (TPSA) is 61.8 Å². The molecular weight excluding hydrogens is 378 g/mol. The van der Waals surface area contributed by atoms with Crippen LogP contribution in [-0.2, 0) is 0 Å². The highest BCUT2D eigenvalue weighted by atomic mass is 19.3. The summed E-state index contributed by atoms with van der Waals surface area (Å²) < 4.78 is 28.7. The summed E-state index contributed by atoms with van der Waals surface area (Å²) in [6.45, 7) is 1.04. The molecule has 2 N–H and O–H groups in total. The third kappa shape index (κ3) is 5.98. The number of hydrogen-bond acceptors (Lipinski definition) is 4. The minimum absolute atomic E-state index is 0.0484. The van der Waals surface area contributed by atoms with Crippen LogP contribution in [0, 0.1) is 6.92 Å². The van der Waals surface area contributed by atoms with Gasteiger partial charge in [-0.15, -0.1) is 0 Å². The van der Waals surface area contributed by atoms with Crippen LogP contribution in [0.3, 0.4) is 0 Å². The van der Waals surface area contributed by atoms with Crippen LogP contribution in [0.5, 0.6) is 5.75 Å². The molecular formula is C22H26F2N2O3. The molecule has 0 bridgehead atoms. The number of halogens is 2. The maximum absolute atomic E-state index is 12.5. The maximum Gasteiger partial charge on any atom is 0.387 e. The van der Waals surface area contributed by atoms with Gasteiger partial charge in [-0.2, -0.15) is 8.78 Å². The molecule has 1 heterocycles. The van der Waals surface area contributed by atoms with Gasteiger partial charge in [-0.1, -0.05) is 30.3 Å². The molecule has 1 saturated heterocycles. The third-order valence-corrected chi connectivity index (χ3v) is 5.23. The standard InChI is InChI=1S/C22H26F2N2O3/c1-15-4-2-3-5-19(15)21(28)25-17-10-12-26(13-11-17)14-20(27)16-6-8-18(9-7-16)29-22(23)24/h2-9,17,20,22,27H,10-14H2,1H3,(H,25,28). The van der Waals surface area contributed by atoms with Crippen LogP contribution in [0.4, 0.5) is 8.78 Å². The molecule has 2 aromatic carbocycles. The van der Waals surface area contributed by atoms with E-state index in [1.165, 1.54) is 12.1 Å². The summed E-state index contributed by atoms with van der Waals surface area (Å²) in [6.07, 6.45) is 0.908. The fourth-order valence-electron chi connectivity index (χ4n) is 3.57. The highest BCUT2D eigenvalue weighted by Gasteiger charge is 2.23. The highest BCUT2D eigenvalue weighted by Crippen LogP contribution is 2.21. The average molecular weight is 404 g/mol. The highest BCUT2D eigenvalue weighted by molar-refractivity contribution is 5.95. The van der Waals surface area contributed by atoms with Crippen LogP contribution in [-0.4, -0.2) is 48.2 Å². The van der Waals surface area contributed by atoms with Crippen molar-refractivity contribution in [2.45, 2.75) is 38.5 Å². The molecule has 0 aromatic heterocycles. The van der Waals surface area contributed by atoms with Gasteiger partial charge >= 0.3 is 6.61 Å². The number of nitrogens with zero attached hydrogens (tertiary/aromatic N) is 1. The maximum atomic E-state index is 12.5. The Balaban J connectivity index is 1.45. The third-order valence-electron chi connectivity index (χ3n) is 5.23. The van der Waals surface area contributed by atoms with Crippen LogP contribution in [0.2, 0.25) is 0 Å². The fourth-order valence-corrected chi connectivity index (χ4v) is 3.57. The van der Waals surface area contributed by atoms with E-state index in [-0.39, 0.29) is 17.7 Å². The lowest BCUT2D eigenvalue weighted by atomic mass is 10.0. The van der Waals surface area contributed by atoms with Crippen molar-refractivity contribution in [1.82, 2.24) is 10.2 Å². The number of likely N-dealkylation sites (tertiary alicyclic amines) is 1. The second-order valence-corrected chi connectivity index (χ2v) is 7.33. The Morgan fingerprint density at radius 1 is 1.17 bits per heavy atom. The van der Waals surface area contributed by atoms with Crippen molar-refractivity contribution >= 4 is 5.91 Å². The van der Waals surface area contributed by atoms with Gasteiger partial charge in [0.2, 0.25) is 0 Å². The zero-order valence-electron chi connectivity index (χ0n) is 16.4. The smallest absolute Gasteiger partial charge is 0.387 e. The van der Waals surface area contributed by atoms with E-state index in [2.05, 4.69) is 15.0 Å². The molecule has 2 aromatic rings. The van der Waals surface area contributed by atoms with Crippen LogP contribution in [0.25, 0.3) is 0 Å². The summed E-state index contributed by atoms with van der Waals surface area (Å²) in [6, 6.07) is 13.7. The van der Waals surface area contributed by atoms with E-state index in [1.807, 2.05) is 31.2 Å². The second kappa shape index (κ2) is 9.80. The van der Waals surface area contributed by atoms with Crippen LogP contribution in [0.15, 0.2) is 48.5 Å². The number of aliphatic hydroxyl groups is 1. The molecule has 1 unspecified atom stereocenters. The van der Waals surface area contributed by atoms with Gasteiger partial charge < -0.3 is 20.1 Å². The van der Waals surface area contributed by atoms with Gasteiger partial charge in [0.25, 0.3) is 5.91 Å². The zero-order valence-corrected chi connectivity index (χ0v) is 16.4. The van der Waals surface area contributed by atoms with Gasteiger partial charge in [0, 0.05) is 31.2 Å². The first-order valence-corrected chi connectivity index (χ1v) is 9.74. The number of amides is 1. The Morgan fingerprint density at radius 2 is 1.83 bits per heavy atom. The number of piperidine rings is 1. The number of ether oxygens (including phenoxy) is 1. The molecule has 29 heavy (non-hydrogen) atoms. The number of hydrogen-bond donors (Lipinski definition) is 2. The SMILES string of the molecule is Cc1ccccc1C(=O)NC1CCN(CC(O)c2ccc(OC(F)F)cc2)CC1. The Bertz CT molecular complexity index is 806. The van der Waals surface area contributed by atoms with Crippen molar-refractivity contribution < 1.29 is 23.4 Å². The minimum atomic E-state index is -2.86. The summed E-state index contributed by atoms with van der Waals surface area (Å²) in [4.78, 5) is 14.6. The molecule has 7 heteroatoms. The Labute approximate surface area is 169 Å². The average Bonchev–Trinajstić information content (AvgIpc) is 2.70. The summed E-state index contributed by atoms with van der Waals surface area (Å²) in [5.41, 5.74) is 2.31. The number of aryl methyl sites for hydroxylation is 1. The van der Waals surface area contributed by atoms with Crippen molar-refractivity contribution in [3.8, 4) is 5.75 Å². The predicted octanol–water partition coefficient (Wildman–Crippen LogP) is 3.52. The quantitative estimate of drug-likeness (QED) is 0.741. The first kappa shape index (κ1) is 21.2. The lowest BCUT2D eigenvalue weighted by Gasteiger charge is -2.33. The molecule has 0 saturated carbocycles. The fraction of sp³-hybridized carbons (Fsp3) is 0.409. The molecule has 0 radical (unpaired) electrons. The Kier molecular flexibility index (Phi) is 7.17. The van der Waals surface area contributed by atoms with E-state index in [0.717, 1.165) is 31.5 Å². The lowest BCUT2D eigenvalue weighted by Crippen LogP contribution is -2.45. The van der Waals surface area contributed by atoms with Crippen molar-refractivity contribution in [3.63, 3.8) is 0 Å². The number of benzene rings is 2. The Hall–Kier alpha value is -2.51. The summed E-state index contributed by atoms with van der Waals surface area (Å²) in [5.74, 6) is 0.0221. The molecule has 1 amide bonds. The molecule has 3 rings (SSSR count). The van der Waals surface area contributed by atoms with Crippen LogP contribution in [0.1, 0.15) is 40.4 Å². The molecule has 1 atom stereocenters. The van der Waals surface area contributed by atoms with Gasteiger partial charge in [0.05, 0.1) is 6.10 Å². The Morgan fingerprint density at radius 3 is 2.45 bits per heavy atom. The molecule has 1 aliphatic heterocycles. The number of nitrogens with one attached hydrogen (secondary N) is 1. The molecule has 156 valence electrons. The number of carbonyl (C=O) groups is 1. The normalized spacial score (nSPS) is 16.6. The number of carbonyl (C=O) groups excluding carboxylic acids is 1. The summed E-state index contributed by atoms with van der Waals surface area (Å²) >= 11 is 0. The zero-order chi connectivity index (χ0) is 20.8. The summed E-state index contributed by atoms with van der Waals surface area (Å²) in [5, 5.41) is 13.5. The summed E-state index contributed by atoms with van der Waals surface area (Å²) in [7, 11) is 0. The minimum Gasteiger partial charge on any atom is -0.435 e. The largest absolute Gasteiger partial charge is 0.435 e. The van der Waals surface area contributed by atoms with E-state index >= 15 is 0 Å². The van der Waals surface area contributed by atoms with Gasteiger partial charge in [-0.05, 0) is 49.1 Å². The number of rotatable bonds is 7. The van der Waals surface area contributed by atoms with E-state index in [1.54, 1.807) is 12.1 Å². The van der Waals surface area contributed by atoms with Gasteiger partial charge in [0.15, 0.2) is 0 Å². The van der Waals surface area contributed by atoms with E-state index in [4.69, 9.17) is 0 Å². The molecule has 1 aliphatic rings. The predicted molar refractivity (Wildman–Crippen MR) is 106 cm³/mol. The van der Waals surface area contributed by atoms with E-state index in [9.17, 15) is 18.7 Å². The van der Waals surface area contributed by atoms with Gasteiger partial charge in [-0.25, -0.2) is 0 Å². The van der Waals surface area contributed by atoms with E-state index in [0.29, 0.717) is 17.7 Å². The molecule has 0 aliphatic carbocycles. The van der Waals surface area contributed by atoms with Crippen LogP contribution < -0.4 is 10.1 Å². The number of β-amino-alcohol motifs (C(OH)–C–C–N with tert-alkyl or cyclic N) is 1. The molecule has 0 spiro atoms. The molecule has 5 nitrogen and oxygen atoms in total.